The highest BCUT2D eigenvalue weighted by molar-refractivity contribution is 7.89. The molecule has 2 aromatic rings. The fourth-order valence-corrected chi connectivity index (χ4v) is 6.59. The molecule has 0 aliphatic carbocycles. The molecule has 1 saturated heterocycles. The number of likely N-dealkylation sites (tertiary alicyclic amines) is 1. The molecule has 1 N–H and O–H groups in total. The Labute approximate surface area is 214 Å². The van der Waals surface area contributed by atoms with E-state index in [4.69, 9.17) is 0 Å². The predicted molar refractivity (Wildman–Crippen MR) is 141 cm³/mol. The highest BCUT2D eigenvalue weighted by Crippen LogP contribution is 2.31. The van der Waals surface area contributed by atoms with E-state index in [0.29, 0.717) is 38.4 Å². The second-order valence-electron chi connectivity index (χ2n) is 10.2. The summed E-state index contributed by atoms with van der Waals surface area (Å²) in [5, 5.41) is 0. The smallest absolute Gasteiger partial charge is 0.241 e. The second-order valence-corrected chi connectivity index (χ2v) is 12.0. The number of carbonyl (C=O) groups is 2. The maximum absolute atomic E-state index is 13.4. The Balaban J connectivity index is 1.41. The fraction of sp³-hybridized carbons (Fsp3) is 0.500. The van der Waals surface area contributed by atoms with Crippen LogP contribution in [0.1, 0.15) is 51.2 Å². The van der Waals surface area contributed by atoms with Gasteiger partial charge in [-0.2, -0.15) is 4.72 Å². The third-order valence-electron chi connectivity index (χ3n) is 7.37. The van der Waals surface area contributed by atoms with Crippen LogP contribution in [0.5, 0.6) is 0 Å². The van der Waals surface area contributed by atoms with Crippen LogP contribution in [0.15, 0.2) is 53.4 Å². The zero-order valence-corrected chi connectivity index (χ0v) is 22.3. The van der Waals surface area contributed by atoms with Gasteiger partial charge in [0.2, 0.25) is 21.8 Å². The van der Waals surface area contributed by atoms with E-state index in [1.54, 1.807) is 17.0 Å². The average Bonchev–Trinajstić information content (AvgIpc) is 3.31. The third kappa shape index (κ3) is 5.81. The topological polar surface area (TPSA) is 86.8 Å². The molecule has 194 valence electrons. The van der Waals surface area contributed by atoms with E-state index in [0.717, 1.165) is 30.5 Å². The molecule has 1 atom stereocenters. The van der Waals surface area contributed by atoms with Gasteiger partial charge >= 0.3 is 0 Å². The molecule has 0 spiro atoms. The minimum absolute atomic E-state index is 0.0282. The molecule has 36 heavy (non-hydrogen) atoms. The lowest BCUT2D eigenvalue weighted by atomic mass is 9.89. The van der Waals surface area contributed by atoms with Gasteiger partial charge in [-0.05, 0) is 66.8 Å². The van der Waals surface area contributed by atoms with E-state index in [2.05, 4.69) is 29.0 Å². The van der Waals surface area contributed by atoms with Gasteiger partial charge in [0.05, 0.1) is 4.90 Å². The lowest BCUT2D eigenvalue weighted by molar-refractivity contribution is -0.135. The normalized spacial score (nSPS) is 17.3. The molecule has 8 heteroatoms. The fourth-order valence-electron chi connectivity index (χ4n) is 5.20. The van der Waals surface area contributed by atoms with Crippen LogP contribution in [0.2, 0.25) is 0 Å². The molecule has 1 fully saturated rings. The van der Waals surface area contributed by atoms with Gasteiger partial charge in [-0.3, -0.25) is 9.59 Å². The summed E-state index contributed by atoms with van der Waals surface area (Å²) in [7, 11) is -3.91. The summed E-state index contributed by atoms with van der Waals surface area (Å²) in [5.74, 6) is 0.200. The highest BCUT2D eigenvalue weighted by atomic mass is 32.2. The van der Waals surface area contributed by atoms with Crippen molar-refractivity contribution >= 4 is 27.5 Å². The highest BCUT2D eigenvalue weighted by Gasteiger charge is 2.34. The van der Waals surface area contributed by atoms with Gasteiger partial charge in [0.15, 0.2) is 0 Å². The number of nitrogens with zero attached hydrogens (tertiary/aromatic N) is 2. The van der Waals surface area contributed by atoms with Gasteiger partial charge in [-0.1, -0.05) is 51.1 Å². The van der Waals surface area contributed by atoms with Crippen molar-refractivity contribution in [1.82, 2.24) is 9.62 Å². The predicted octanol–water partition coefficient (Wildman–Crippen LogP) is 3.77. The number of benzene rings is 2. The first-order chi connectivity index (χ1) is 17.2. The van der Waals surface area contributed by atoms with Gasteiger partial charge in [-0.15, -0.1) is 0 Å². The molecule has 4 rings (SSSR count). The first kappa shape index (κ1) is 26.4. The summed E-state index contributed by atoms with van der Waals surface area (Å²) in [6.07, 6.45) is 3.85. The quantitative estimate of drug-likeness (QED) is 0.585. The summed E-state index contributed by atoms with van der Waals surface area (Å²) >= 11 is 0. The van der Waals surface area contributed by atoms with Crippen LogP contribution >= 0.6 is 0 Å². The zero-order valence-electron chi connectivity index (χ0n) is 21.4. The Bertz CT molecular complexity index is 1190. The Morgan fingerprint density at radius 1 is 1.03 bits per heavy atom. The number of amides is 2. The van der Waals surface area contributed by atoms with Crippen LogP contribution in [0.4, 0.5) is 5.69 Å². The molecule has 2 amide bonds. The van der Waals surface area contributed by atoms with Crippen molar-refractivity contribution in [3.63, 3.8) is 0 Å². The molecule has 2 aromatic carbocycles. The van der Waals surface area contributed by atoms with Crippen molar-refractivity contribution in [2.45, 2.75) is 63.8 Å². The molecular weight excluding hydrogens is 474 g/mol. The first-order valence-corrected chi connectivity index (χ1v) is 14.5. The number of fused-ring (bicyclic) bond motifs is 1. The maximum Gasteiger partial charge on any atom is 0.241 e. The van der Waals surface area contributed by atoms with E-state index in [-0.39, 0.29) is 22.6 Å². The van der Waals surface area contributed by atoms with Gasteiger partial charge in [-0.25, -0.2) is 8.42 Å². The van der Waals surface area contributed by atoms with Crippen LogP contribution in [0.3, 0.4) is 0 Å². The third-order valence-corrected chi connectivity index (χ3v) is 8.81. The molecule has 0 radical (unpaired) electrons. The average molecular weight is 512 g/mol. The van der Waals surface area contributed by atoms with E-state index >= 15 is 0 Å². The van der Waals surface area contributed by atoms with E-state index < -0.39 is 16.1 Å². The van der Waals surface area contributed by atoms with Crippen LogP contribution in [-0.4, -0.2) is 50.8 Å². The van der Waals surface area contributed by atoms with Crippen LogP contribution in [-0.2, 0) is 32.5 Å². The minimum atomic E-state index is -3.91. The number of rotatable bonds is 8. The van der Waals surface area contributed by atoms with Crippen molar-refractivity contribution in [3.05, 3.63) is 59.7 Å². The molecule has 2 heterocycles. The SMILES string of the molecule is CCC(=O)N1CCc2cc(S(=O)(=O)N[C@H](C(=O)N3CCC(Cc4ccccc4)CC3)C(C)C)ccc21. The molecule has 0 saturated carbocycles. The van der Waals surface area contributed by atoms with E-state index in [1.807, 2.05) is 31.7 Å². The molecular formula is C28H37N3O4S. The zero-order chi connectivity index (χ0) is 25.9. The van der Waals surface area contributed by atoms with Gasteiger partial charge in [0.25, 0.3) is 0 Å². The molecule has 7 nitrogen and oxygen atoms in total. The van der Waals surface area contributed by atoms with Crippen molar-refractivity contribution in [3.8, 4) is 0 Å². The van der Waals surface area contributed by atoms with E-state index in [1.165, 1.54) is 11.6 Å². The van der Waals surface area contributed by atoms with Crippen molar-refractivity contribution in [2.24, 2.45) is 11.8 Å². The molecule has 2 aliphatic heterocycles. The molecule has 0 unspecified atom stereocenters. The van der Waals surface area contributed by atoms with Crippen LogP contribution in [0.25, 0.3) is 0 Å². The Morgan fingerprint density at radius 2 is 1.72 bits per heavy atom. The Hall–Kier alpha value is -2.71. The lowest BCUT2D eigenvalue weighted by Gasteiger charge is -2.35. The number of anilines is 1. The Kier molecular flexibility index (Phi) is 8.15. The number of carbonyl (C=O) groups excluding carboxylic acids is 2. The second kappa shape index (κ2) is 11.1. The van der Waals surface area contributed by atoms with Crippen LogP contribution < -0.4 is 9.62 Å². The summed E-state index contributed by atoms with van der Waals surface area (Å²) in [5.41, 5.74) is 2.93. The molecule has 0 aromatic heterocycles. The number of piperidine rings is 1. The van der Waals surface area contributed by atoms with Crippen molar-refractivity contribution < 1.29 is 18.0 Å². The maximum atomic E-state index is 13.4. The lowest BCUT2D eigenvalue weighted by Crippen LogP contribution is -2.53. The number of nitrogens with one attached hydrogen (secondary N) is 1. The monoisotopic (exact) mass is 511 g/mol. The molecule has 0 bridgehead atoms. The summed E-state index contributed by atoms with van der Waals surface area (Å²) < 4.78 is 29.3. The first-order valence-electron chi connectivity index (χ1n) is 13.0. The summed E-state index contributed by atoms with van der Waals surface area (Å²) in [4.78, 5) is 29.2. The summed E-state index contributed by atoms with van der Waals surface area (Å²) in [6, 6.07) is 14.4. The van der Waals surface area contributed by atoms with Gasteiger partial charge in [0.1, 0.15) is 6.04 Å². The number of hydrogen-bond donors (Lipinski definition) is 1. The van der Waals surface area contributed by atoms with E-state index in [9.17, 15) is 18.0 Å². The minimum Gasteiger partial charge on any atom is -0.341 e. The largest absolute Gasteiger partial charge is 0.341 e. The summed E-state index contributed by atoms with van der Waals surface area (Å²) in [6.45, 7) is 7.39. The van der Waals surface area contributed by atoms with Gasteiger partial charge in [0, 0.05) is 31.7 Å². The Morgan fingerprint density at radius 3 is 2.36 bits per heavy atom. The van der Waals surface area contributed by atoms with Crippen molar-refractivity contribution in [2.75, 3.05) is 24.5 Å². The number of hydrogen-bond acceptors (Lipinski definition) is 4. The van der Waals surface area contributed by atoms with Crippen molar-refractivity contribution in [1.29, 1.82) is 0 Å². The van der Waals surface area contributed by atoms with Gasteiger partial charge < -0.3 is 9.80 Å². The van der Waals surface area contributed by atoms with Crippen LogP contribution in [0, 0.1) is 11.8 Å². The molecule has 2 aliphatic rings. The standard InChI is InChI=1S/C28H37N3O4S/c1-4-26(32)31-17-14-23-19-24(10-11-25(23)31)36(34,35)29-27(20(2)3)28(33)30-15-12-22(13-16-30)18-21-8-6-5-7-9-21/h5-11,19-20,22,27,29H,4,12-18H2,1-3H3/t27-/m0/s1. The number of sulfonamides is 1.